The van der Waals surface area contributed by atoms with Gasteiger partial charge in [-0.2, -0.15) is 0 Å². The number of aryl methyl sites for hydroxylation is 1. The van der Waals surface area contributed by atoms with E-state index < -0.39 is 0 Å². The van der Waals surface area contributed by atoms with Crippen LogP contribution in [0, 0.1) is 12.3 Å². The fourth-order valence-corrected chi connectivity index (χ4v) is 0.487. The fourth-order valence-electron chi connectivity index (χ4n) is 0.487. The van der Waals surface area contributed by atoms with Gasteiger partial charge >= 0.3 is 0 Å². The summed E-state index contributed by atoms with van der Waals surface area (Å²) in [4.78, 5) is 3.79. The predicted molar refractivity (Wildman–Crippen MR) is 32.3 cm³/mol. The lowest BCUT2D eigenvalue weighted by Gasteiger charge is -1.82. The van der Waals surface area contributed by atoms with E-state index in [0.717, 1.165) is 0 Å². The third-order valence-corrected chi connectivity index (χ3v) is 0.895. The first-order chi connectivity index (χ1) is 4.20. The molecule has 0 aliphatic rings. The van der Waals surface area contributed by atoms with Crippen molar-refractivity contribution in [2.75, 3.05) is 0 Å². The Kier molecular flexibility index (Phi) is 1.22. The second kappa shape index (κ2) is 1.89. The van der Waals surface area contributed by atoms with Crippen LogP contribution in [0.1, 0.15) is 11.6 Å². The van der Waals surface area contributed by atoms with Crippen LogP contribution in [0.2, 0.25) is 0 Å². The van der Waals surface area contributed by atoms with Crippen LogP contribution in [0.25, 0.3) is 0 Å². The number of hydrogen-bond acceptors (Lipinski definition) is 3. The number of hydrogen-bond donors (Lipinski definition) is 2. The summed E-state index contributed by atoms with van der Waals surface area (Å²) in [6, 6.07) is 0. The van der Waals surface area contributed by atoms with Crippen molar-refractivity contribution in [3.8, 4) is 0 Å². The number of rotatable bonds is 1. The SMILES string of the molecule is Cc1nc(C(=N)N)co1. The van der Waals surface area contributed by atoms with Gasteiger partial charge in [0.15, 0.2) is 5.89 Å². The first-order valence-electron chi connectivity index (χ1n) is 2.46. The van der Waals surface area contributed by atoms with Gasteiger partial charge in [-0.15, -0.1) is 0 Å². The van der Waals surface area contributed by atoms with E-state index in [-0.39, 0.29) is 5.84 Å². The van der Waals surface area contributed by atoms with E-state index in [9.17, 15) is 0 Å². The molecule has 4 nitrogen and oxygen atoms in total. The van der Waals surface area contributed by atoms with E-state index in [2.05, 4.69) is 4.98 Å². The second-order valence-electron chi connectivity index (χ2n) is 1.67. The molecule has 0 saturated carbocycles. The van der Waals surface area contributed by atoms with Gasteiger partial charge in [-0.3, -0.25) is 5.41 Å². The molecule has 48 valence electrons. The summed E-state index contributed by atoms with van der Waals surface area (Å²) in [5.41, 5.74) is 5.48. The number of nitrogens with two attached hydrogens (primary N) is 1. The summed E-state index contributed by atoms with van der Waals surface area (Å²) >= 11 is 0. The molecule has 0 radical (unpaired) electrons. The smallest absolute Gasteiger partial charge is 0.191 e. The minimum absolute atomic E-state index is 0.0631. The summed E-state index contributed by atoms with van der Waals surface area (Å²) in [7, 11) is 0. The molecule has 1 heterocycles. The minimum Gasteiger partial charge on any atom is -0.449 e. The van der Waals surface area contributed by atoms with Crippen LogP contribution in [0.3, 0.4) is 0 Å². The molecular weight excluding hydrogens is 118 g/mol. The van der Waals surface area contributed by atoms with E-state index in [0.29, 0.717) is 11.6 Å². The van der Waals surface area contributed by atoms with E-state index in [4.69, 9.17) is 15.6 Å². The predicted octanol–water partition coefficient (Wildman–Crippen LogP) is 0.267. The van der Waals surface area contributed by atoms with Gasteiger partial charge in [0.2, 0.25) is 0 Å². The van der Waals surface area contributed by atoms with Gasteiger partial charge in [-0.05, 0) is 0 Å². The maximum absolute atomic E-state index is 6.90. The summed E-state index contributed by atoms with van der Waals surface area (Å²) in [5, 5.41) is 6.90. The van der Waals surface area contributed by atoms with E-state index in [1.807, 2.05) is 0 Å². The van der Waals surface area contributed by atoms with Crippen LogP contribution < -0.4 is 5.73 Å². The zero-order valence-electron chi connectivity index (χ0n) is 5.01. The molecule has 0 amide bonds. The lowest BCUT2D eigenvalue weighted by atomic mass is 10.5. The Morgan fingerprint density at radius 2 is 2.56 bits per heavy atom. The average Bonchev–Trinajstić information content (AvgIpc) is 2.14. The molecule has 1 aromatic heterocycles. The topological polar surface area (TPSA) is 75.9 Å². The molecule has 9 heavy (non-hydrogen) atoms. The lowest BCUT2D eigenvalue weighted by molar-refractivity contribution is 0.521. The maximum Gasteiger partial charge on any atom is 0.191 e. The van der Waals surface area contributed by atoms with Gasteiger partial charge in [0, 0.05) is 6.92 Å². The highest BCUT2D eigenvalue weighted by Gasteiger charge is 1.99. The van der Waals surface area contributed by atoms with Crippen molar-refractivity contribution >= 4 is 5.84 Å². The van der Waals surface area contributed by atoms with Crippen LogP contribution in [0.5, 0.6) is 0 Å². The molecule has 0 aliphatic carbocycles. The number of nitrogens with one attached hydrogen (secondary N) is 1. The van der Waals surface area contributed by atoms with Crippen LogP contribution in [0.15, 0.2) is 10.7 Å². The van der Waals surface area contributed by atoms with Crippen molar-refractivity contribution in [3.05, 3.63) is 17.8 Å². The standard InChI is InChI=1S/C5H7N3O/c1-3-8-4(2-9-3)5(6)7/h2H,1H3,(H3,6,7). The molecule has 1 aromatic rings. The van der Waals surface area contributed by atoms with Gasteiger partial charge in [-0.25, -0.2) is 4.98 Å². The van der Waals surface area contributed by atoms with E-state index in [1.165, 1.54) is 6.26 Å². The molecule has 1 rings (SSSR count). The van der Waals surface area contributed by atoms with Crippen LogP contribution >= 0.6 is 0 Å². The highest BCUT2D eigenvalue weighted by molar-refractivity contribution is 5.92. The molecule has 0 saturated heterocycles. The van der Waals surface area contributed by atoms with Crippen molar-refractivity contribution in [1.29, 1.82) is 5.41 Å². The van der Waals surface area contributed by atoms with Gasteiger partial charge in [0.1, 0.15) is 17.8 Å². The lowest BCUT2D eigenvalue weighted by Crippen LogP contribution is -2.11. The highest BCUT2D eigenvalue weighted by Crippen LogP contribution is 1.97. The van der Waals surface area contributed by atoms with Crippen molar-refractivity contribution in [2.24, 2.45) is 5.73 Å². The minimum atomic E-state index is -0.0631. The first kappa shape index (κ1) is 5.81. The van der Waals surface area contributed by atoms with Crippen LogP contribution in [-0.2, 0) is 0 Å². The van der Waals surface area contributed by atoms with E-state index >= 15 is 0 Å². The van der Waals surface area contributed by atoms with Gasteiger partial charge < -0.3 is 10.2 Å². The molecule has 0 aliphatic heterocycles. The summed E-state index contributed by atoms with van der Waals surface area (Å²) < 4.78 is 4.79. The normalized spacial score (nSPS) is 9.44. The highest BCUT2D eigenvalue weighted by atomic mass is 16.3. The summed E-state index contributed by atoms with van der Waals surface area (Å²) in [6.07, 6.45) is 1.36. The Hall–Kier alpha value is -1.32. The Bertz CT molecular complexity index is 228. The number of amidine groups is 1. The largest absolute Gasteiger partial charge is 0.449 e. The molecule has 3 N–H and O–H groups in total. The van der Waals surface area contributed by atoms with Crippen molar-refractivity contribution < 1.29 is 4.42 Å². The molecule has 0 unspecified atom stereocenters. The third kappa shape index (κ3) is 1.07. The number of oxazole rings is 1. The van der Waals surface area contributed by atoms with Crippen molar-refractivity contribution in [1.82, 2.24) is 4.98 Å². The van der Waals surface area contributed by atoms with Crippen molar-refractivity contribution in [3.63, 3.8) is 0 Å². The van der Waals surface area contributed by atoms with Gasteiger partial charge in [-0.1, -0.05) is 0 Å². The number of nitrogens with zero attached hydrogens (tertiary/aromatic N) is 1. The number of aromatic nitrogens is 1. The van der Waals surface area contributed by atoms with Crippen LogP contribution in [-0.4, -0.2) is 10.8 Å². The maximum atomic E-state index is 6.90. The van der Waals surface area contributed by atoms with Gasteiger partial charge in [0.25, 0.3) is 0 Å². The molecule has 0 spiro atoms. The molecule has 0 fully saturated rings. The van der Waals surface area contributed by atoms with Crippen molar-refractivity contribution in [2.45, 2.75) is 6.92 Å². The molecule has 0 bridgehead atoms. The second-order valence-corrected chi connectivity index (χ2v) is 1.67. The molecule has 0 atom stereocenters. The molecule has 4 heteroatoms. The Labute approximate surface area is 52.2 Å². The average molecular weight is 125 g/mol. The summed E-state index contributed by atoms with van der Waals surface area (Å²) in [6.45, 7) is 1.70. The quantitative estimate of drug-likeness (QED) is 0.417. The third-order valence-electron chi connectivity index (χ3n) is 0.895. The molecular formula is C5H7N3O. The fraction of sp³-hybridized carbons (Fsp3) is 0.200. The Balaban J connectivity index is 2.98. The Morgan fingerprint density at radius 3 is 2.78 bits per heavy atom. The van der Waals surface area contributed by atoms with Crippen LogP contribution in [0.4, 0.5) is 0 Å². The molecule has 0 aromatic carbocycles. The Morgan fingerprint density at radius 1 is 1.89 bits per heavy atom. The number of nitrogen functional groups attached to an aromatic ring is 1. The van der Waals surface area contributed by atoms with E-state index in [1.54, 1.807) is 6.92 Å². The zero-order chi connectivity index (χ0) is 6.85. The first-order valence-corrected chi connectivity index (χ1v) is 2.46. The summed E-state index contributed by atoms with van der Waals surface area (Å²) in [5.74, 6) is 0.465. The van der Waals surface area contributed by atoms with Gasteiger partial charge in [0.05, 0.1) is 0 Å². The monoisotopic (exact) mass is 125 g/mol. The zero-order valence-corrected chi connectivity index (χ0v) is 5.01.